The zero-order valence-electron chi connectivity index (χ0n) is 8.46. The van der Waals surface area contributed by atoms with Crippen molar-refractivity contribution in [2.24, 2.45) is 4.99 Å². The van der Waals surface area contributed by atoms with Gasteiger partial charge in [-0.05, 0) is 24.3 Å². The topological polar surface area (TPSA) is 29.4 Å². The number of aliphatic imine (C=N–C) groups is 1. The van der Waals surface area contributed by atoms with E-state index in [9.17, 15) is 4.79 Å². The molecule has 0 fully saturated rings. The average molecular weight is 227 g/mol. The van der Waals surface area contributed by atoms with Crippen molar-refractivity contribution in [2.75, 3.05) is 0 Å². The maximum absolute atomic E-state index is 10.3. The van der Waals surface area contributed by atoms with Gasteiger partial charge >= 0.3 is 0 Å². The molecule has 0 atom stereocenters. The van der Waals surface area contributed by atoms with E-state index >= 15 is 0 Å². The van der Waals surface area contributed by atoms with Crippen LogP contribution in [0.5, 0.6) is 0 Å². The van der Waals surface area contributed by atoms with E-state index in [4.69, 9.17) is 0 Å². The van der Waals surface area contributed by atoms with Gasteiger partial charge in [0.1, 0.15) is 0 Å². The summed E-state index contributed by atoms with van der Waals surface area (Å²) in [7, 11) is 0. The Kier molecular flexibility index (Phi) is 3.54. The van der Waals surface area contributed by atoms with Crippen LogP contribution in [0.3, 0.4) is 0 Å². The molecule has 2 rings (SSSR count). The molecule has 0 bridgehead atoms. The van der Waals surface area contributed by atoms with Gasteiger partial charge in [-0.25, -0.2) is 4.79 Å². The summed E-state index contributed by atoms with van der Waals surface area (Å²) in [6.45, 7) is 0. The van der Waals surface area contributed by atoms with E-state index < -0.39 is 0 Å². The summed E-state index contributed by atoms with van der Waals surface area (Å²) in [4.78, 5) is 16.0. The SMILES string of the molecule is O=C=Nc1ccccc1Sc1ccccc1. The Morgan fingerprint density at radius 2 is 1.62 bits per heavy atom. The smallest absolute Gasteiger partial charge is 0.211 e. The molecule has 2 nitrogen and oxygen atoms in total. The molecule has 0 aromatic heterocycles. The Morgan fingerprint density at radius 1 is 0.938 bits per heavy atom. The summed E-state index contributed by atoms with van der Waals surface area (Å²) in [6, 6.07) is 17.5. The van der Waals surface area contributed by atoms with Crippen LogP contribution in [0.2, 0.25) is 0 Å². The quantitative estimate of drug-likeness (QED) is 0.589. The monoisotopic (exact) mass is 227 g/mol. The van der Waals surface area contributed by atoms with Crippen LogP contribution in [0.4, 0.5) is 5.69 Å². The predicted octanol–water partition coefficient (Wildman–Crippen LogP) is 3.81. The molecule has 2 aromatic carbocycles. The lowest BCUT2D eigenvalue weighted by molar-refractivity contribution is 0.565. The van der Waals surface area contributed by atoms with Gasteiger partial charge in [-0.3, -0.25) is 0 Å². The van der Waals surface area contributed by atoms with Crippen LogP contribution in [0.15, 0.2) is 69.4 Å². The fourth-order valence-electron chi connectivity index (χ4n) is 1.30. The maximum Gasteiger partial charge on any atom is 0.240 e. The Hall–Kier alpha value is -1.83. The van der Waals surface area contributed by atoms with Crippen LogP contribution >= 0.6 is 11.8 Å². The summed E-state index contributed by atoms with van der Waals surface area (Å²) in [6.07, 6.45) is 1.57. The van der Waals surface area contributed by atoms with Gasteiger partial charge in [0.05, 0.1) is 5.69 Å². The van der Waals surface area contributed by atoms with Gasteiger partial charge < -0.3 is 0 Å². The molecule has 78 valence electrons. The van der Waals surface area contributed by atoms with E-state index in [1.807, 2.05) is 48.5 Å². The van der Waals surface area contributed by atoms with Gasteiger partial charge in [0.2, 0.25) is 6.08 Å². The van der Waals surface area contributed by atoms with Crippen LogP contribution in [0.1, 0.15) is 0 Å². The van der Waals surface area contributed by atoms with Crippen molar-refractivity contribution in [1.82, 2.24) is 0 Å². The molecule has 0 saturated heterocycles. The van der Waals surface area contributed by atoms with Crippen LogP contribution < -0.4 is 0 Å². The van der Waals surface area contributed by atoms with Crippen molar-refractivity contribution in [3.05, 3.63) is 54.6 Å². The Bertz CT molecular complexity index is 518. The van der Waals surface area contributed by atoms with Gasteiger partial charge in [0, 0.05) is 9.79 Å². The number of hydrogen-bond donors (Lipinski definition) is 0. The highest BCUT2D eigenvalue weighted by Gasteiger charge is 2.01. The van der Waals surface area contributed by atoms with E-state index in [0.29, 0.717) is 5.69 Å². The number of carbonyl (C=O) groups excluding carboxylic acids is 1. The second kappa shape index (κ2) is 5.31. The summed E-state index contributed by atoms with van der Waals surface area (Å²) < 4.78 is 0. The molecule has 0 aliphatic carbocycles. The lowest BCUT2D eigenvalue weighted by Gasteiger charge is -2.03. The number of isocyanates is 1. The van der Waals surface area contributed by atoms with Gasteiger partial charge in [0.15, 0.2) is 0 Å². The second-order valence-electron chi connectivity index (χ2n) is 3.09. The van der Waals surface area contributed by atoms with Gasteiger partial charge in [-0.2, -0.15) is 4.99 Å². The summed E-state index contributed by atoms with van der Waals surface area (Å²) in [5.74, 6) is 0. The summed E-state index contributed by atoms with van der Waals surface area (Å²) in [5, 5.41) is 0. The number of nitrogens with zero attached hydrogens (tertiary/aromatic N) is 1. The Labute approximate surface area is 98.0 Å². The van der Waals surface area contributed by atoms with Crippen molar-refractivity contribution in [3.8, 4) is 0 Å². The van der Waals surface area contributed by atoms with Crippen LogP contribution in [-0.2, 0) is 4.79 Å². The molecule has 0 N–H and O–H groups in total. The standard InChI is InChI=1S/C13H9NOS/c15-10-14-12-8-4-5-9-13(12)16-11-6-2-1-3-7-11/h1-9H. The van der Waals surface area contributed by atoms with Gasteiger partial charge in [-0.15, -0.1) is 0 Å². The Balaban J connectivity index is 2.31. The molecule has 0 radical (unpaired) electrons. The first-order valence-electron chi connectivity index (χ1n) is 4.80. The maximum atomic E-state index is 10.3. The normalized spacial score (nSPS) is 9.50. The molecular formula is C13H9NOS. The molecular weight excluding hydrogens is 218 g/mol. The number of hydrogen-bond acceptors (Lipinski definition) is 3. The zero-order valence-corrected chi connectivity index (χ0v) is 9.28. The zero-order chi connectivity index (χ0) is 11.2. The Morgan fingerprint density at radius 3 is 2.38 bits per heavy atom. The molecule has 0 spiro atoms. The van der Waals surface area contributed by atoms with E-state index in [1.54, 1.807) is 23.9 Å². The fourth-order valence-corrected chi connectivity index (χ4v) is 2.21. The van der Waals surface area contributed by atoms with Crippen molar-refractivity contribution in [3.63, 3.8) is 0 Å². The minimum atomic E-state index is 0.659. The minimum absolute atomic E-state index is 0.659. The van der Waals surface area contributed by atoms with E-state index in [-0.39, 0.29) is 0 Å². The number of benzene rings is 2. The molecule has 0 amide bonds. The van der Waals surface area contributed by atoms with Crippen molar-refractivity contribution >= 4 is 23.5 Å². The highest BCUT2D eigenvalue weighted by atomic mass is 32.2. The first kappa shape index (κ1) is 10.7. The molecule has 2 aromatic rings. The van der Waals surface area contributed by atoms with E-state index in [1.165, 1.54) is 0 Å². The molecule has 0 aliphatic rings. The second-order valence-corrected chi connectivity index (χ2v) is 4.20. The fraction of sp³-hybridized carbons (Fsp3) is 0. The van der Waals surface area contributed by atoms with Crippen molar-refractivity contribution in [2.45, 2.75) is 9.79 Å². The number of para-hydroxylation sites is 1. The van der Waals surface area contributed by atoms with Crippen LogP contribution in [0.25, 0.3) is 0 Å². The third kappa shape index (κ3) is 2.60. The lowest BCUT2D eigenvalue weighted by Crippen LogP contribution is -1.74. The largest absolute Gasteiger partial charge is 0.240 e. The molecule has 0 saturated carbocycles. The predicted molar refractivity (Wildman–Crippen MR) is 64.8 cm³/mol. The lowest BCUT2D eigenvalue weighted by atomic mass is 10.3. The highest BCUT2D eigenvalue weighted by Crippen LogP contribution is 2.34. The van der Waals surface area contributed by atoms with Crippen LogP contribution in [0, 0.1) is 0 Å². The molecule has 16 heavy (non-hydrogen) atoms. The van der Waals surface area contributed by atoms with E-state index in [2.05, 4.69) is 4.99 Å². The van der Waals surface area contributed by atoms with Crippen LogP contribution in [-0.4, -0.2) is 6.08 Å². The first-order chi connectivity index (χ1) is 7.90. The minimum Gasteiger partial charge on any atom is -0.211 e. The first-order valence-corrected chi connectivity index (χ1v) is 5.61. The van der Waals surface area contributed by atoms with Crippen molar-refractivity contribution in [1.29, 1.82) is 0 Å². The van der Waals surface area contributed by atoms with E-state index in [0.717, 1.165) is 9.79 Å². The number of rotatable bonds is 3. The average Bonchev–Trinajstić information content (AvgIpc) is 2.33. The van der Waals surface area contributed by atoms with Gasteiger partial charge in [-0.1, -0.05) is 42.1 Å². The molecule has 0 aliphatic heterocycles. The highest BCUT2D eigenvalue weighted by molar-refractivity contribution is 7.99. The summed E-state index contributed by atoms with van der Waals surface area (Å²) >= 11 is 1.58. The summed E-state index contributed by atoms with van der Waals surface area (Å²) in [5.41, 5.74) is 0.659. The third-order valence-corrected chi connectivity index (χ3v) is 3.08. The molecule has 0 heterocycles. The van der Waals surface area contributed by atoms with Crippen molar-refractivity contribution < 1.29 is 4.79 Å². The molecule has 3 heteroatoms. The van der Waals surface area contributed by atoms with Gasteiger partial charge in [0.25, 0.3) is 0 Å². The molecule has 0 unspecified atom stereocenters. The third-order valence-electron chi connectivity index (χ3n) is 2.00.